The highest BCUT2D eigenvalue weighted by Gasteiger charge is 2.18. The molecule has 49 heavy (non-hydrogen) atoms. The van der Waals surface area contributed by atoms with E-state index in [2.05, 4.69) is 170 Å². The lowest BCUT2D eigenvalue weighted by atomic mass is 9.85. The highest BCUT2D eigenvalue weighted by Crippen LogP contribution is 2.45. The molecular weight excluding hydrogens is 593 g/mol. The smallest absolute Gasteiger partial charge is 0.136 e. The lowest BCUT2D eigenvalue weighted by Crippen LogP contribution is -1.91. The predicted molar refractivity (Wildman–Crippen MR) is 208 cm³/mol. The molecule has 0 fully saturated rings. The molecule has 228 valence electrons. The fourth-order valence-corrected chi connectivity index (χ4v) is 7.88. The molecule has 1 nitrogen and oxygen atoms in total. The van der Waals surface area contributed by atoms with Crippen molar-refractivity contribution in [3.05, 3.63) is 182 Å². The highest BCUT2D eigenvalue weighted by atomic mass is 16.3. The van der Waals surface area contributed by atoms with Crippen LogP contribution < -0.4 is 0 Å². The van der Waals surface area contributed by atoms with Crippen molar-refractivity contribution in [2.24, 2.45) is 0 Å². The van der Waals surface area contributed by atoms with E-state index >= 15 is 0 Å². The second-order valence-electron chi connectivity index (χ2n) is 12.8. The molecule has 0 unspecified atom stereocenters. The van der Waals surface area contributed by atoms with Gasteiger partial charge in [0, 0.05) is 10.8 Å². The number of rotatable bonds is 4. The first-order chi connectivity index (χ1) is 24.3. The predicted octanol–water partition coefficient (Wildman–Crippen LogP) is 13.7. The van der Waals surface area contributed by atoms with Crippen LogP contribution in [-0.4, -0.2) is 0 Å². The van der Waals surface area contributed by atoms with Crippen LogP contribution in [0.3, 0.4) is 0 Å². The SMILES string of the molecule is c1ccc(-c2cccc3oc4ccccc4c23)c(-c2ccc(-c3c4ccccc4c(-c4ccc5ccccc5c4)c4ccccc34)cc2)c1. The number of fused-ring (bicyclic) bond motifs is 6. The van der Waals surface area contributed by atoms with Gasteiger partial charge in [-0.1, -0.05) is 164 Å². The molecule has 0 saturated heterocycles. The lowest BCUT2D eigenvalue weighted by Gasteiger charge is -2.18. The summed E-state index contributed by atoms with van der Waals surface area (Å²) in [7, 11) is 0. The van der Waals surface area contributed by atoms with Crippen molar-refractivity contribution in [1.29, 1.82) is 0 Å². The van der Waals surface area contributed by atoms with E-state index in [1.807, 2.05) is 12.1 Å². The van der Waals surface area contributed by atoms with Gasteiger partial charge in [-0.3, -0.25) is 0 Å². The van der Waals surface area contributed by atoms with E-state index in [0.717, 1.165) is 21.9 Å². The molecule has 1 heterocycles. The van der Waals surface area contributed by atoms with Crippen LogP contribution in [0.5, 0.6) is 0 Å². The molecule has 1 aromatic heterocycles. The molecule has 9 aromatic carbocycles. The maximum atomic E-state index is 6.25. The molecule has 0 N–H and O–H groups in total. The third-order valence-electron chi connectivity index (χ3n) is 10.1. The molecule has 0 amide bonds. The molecule has 10 aromatic rings. The Morgan fingerprint density at radius 2 is 0.776 bits per heavy atom. The van der Waals surface area contributed by atoms with Gasteiger partial charge >= 0.3 is 0 Å². The summed E-state index contributed by atoms with van der Waals surface area (Å²) in [5.74, 6) is 0. The summed E-state index contributed by atoms with van der Waals surface area (Å²) in [6, 6.07) is 65.8. The van der Waals surface area contributed by atoms with E-state index in [1.54, 1.807) is 0 Å². The van der Waals surface area contributed by atoms with Crippen LogP contribution in [0.25, 0.3) is 98.8 Å². The zero-order valence-corrected chi connectivity index (χ0v) is 26.7. The summed E-state index contributed by atoms with van der Waals surface area (Å²) in [5.41, 5.74) is 11.6. The van der Waals surface area contributed by atoms with Crippen molar-refractivity contribution in [2.45, 2.75) is 0 Å². The Kier molecular flexibility index (Phi) is 6.25. The number of hydrogen-bond acceptors (Lipinski definition) is 1. The quantitative estimate of drug-likeness (QED) is 0.178. The Labute approximate surface area is 284 Å². The first kappa shape index (κ1) is 27.7. The van der Waals surface area contributed by atoms with E-state index in [-0.39, 0.29) is 0 Å². The third-order valence-corrected chi connectivity index (χ3v) is 10.1. The molecule has 0 spiro atoms. The third kappa shape index (κ3) is 4.40. The van der Waals surface area contributed by atoms with Crippen molar-refractivity contribution in [3.8, 4) is 44.5 Å². The topological polar surface area (TPSA) is 13.1 Å². The summed E-state index contributed by atoms with van der Waals surface area (Å²) in [6.07, 6.45) is 0. The minimum absolute atomic E-state index is 0.912. The van der Waals surface area contributed by atoms with Gasteiger partial charge in [0.1, 0.15) is 11.2 Å². The number of furan rings is 1. The van der Waals surface area contributed by atoms with E-state index < -0.39 is 0 Å². The van der Waals surface area contributed by atoms with Crippen LogP contribution in [0.4, 0.5) is 0 Å². The molecule has 10 rings (SSSR count). The molecule has 0 aliphatic carbocycles. The van der Waals surface area contributed by atoms with Crippen LogP contribution in [0.2, 0.25) is 0 Å². The van der Waals surface area contributed by atoms with Crippen molar-refractivity contribution < 1.29 is 4.42 Å². The standard InChI is InChI=1S/C48H30O/c1-2-13-34-30-35(29-24-31(34)12-1)47-41-18-7-5-16-39(41)46(40-17-6-8-19-42(40)47)33-27-25-32(26-28-33)36-14-3-4-15-37(36)38-21-11-23-45-48(38)43-20-9-10-22-44(43)49-45/h1-30H. The van der Waals surface area contributed by atoms with Gasteiger partial charge in [0.05, 0.1) is 0 Å². The molecule has 0 aliphatic rings. The van der Waals surface area contributed by atoms with Gasteiger partial charge in [-0.25, -0.2) is 0 Å². The van der Waals surface area contributed by atoms with Gasteiger partial charge in [-0.05, 0) is 95.0 Å². The monoisotopic (exact) mass is 622 g/mol. The van der Waals surface area contributed by atoms with E-state index in [1.165, 1.54) is 76.8 Å². The van der Waals surface area contributed by atoms with Crippen LogP contribution in [0.15, 0.2) is 186 Å². The van der Waals surface area contributed by atoms with Gasteiger partial charge in [-0.15, -0.1) is 0 Å². The highest BCUT2D eigenvalue weighted by molar-refractivity contribution is 6.22. The normalized spacial score (nSPS) is 11.7. The van der Waals surface area contributed by atoms with E-state index in [9.17, 15) is 0 Å². The Hall–Kier alpha value is -6.44. The van der Waals surface area contributed by atoms with E-state index in [0.29, 0.717) is 0 Å². The summed E-state index contributed by atoms with van der Waals surface area (Å²) in [4.78, 5) is 0. The Morgan fingerprint density at radius 3 is 1.49 bits per heavy atom. The lowest BCUT2D eigenvalue weighted by molar-refractivity contribution is 0.669. The van der Waals surface area contributed by atoms with Crippen LogP contribution in [-0.2, 0) is 0 Å². The summed E-state index contributed by atoms with van der Waals surface area (Å²) < 4.78 is 6.25. The maximum absolute atomic E-state index is 6.25. The second kappa shape index (κ2) is 11.1. The summed E-state index contributed by atoms with van der Waals surface area (Å²) in [6.45, 7) is 0. The number of hydrogen-bond donors (Lipinski definition) is 0. The van der Waals surface area contributed by atoms with Crippen molar-refractivity contribution >= 4 is 54.3 Å². The largest absolute Gasteiger partial charge is 0.456 e. The van der Waals surface area contributed by atoms with Crippen LogP contribution in [0.1, 0.15) is 0 Å². The van der Waals surface area contributed by atoms with Gasteiger partial charge in [-0.2, -0.15) is 0 Å². The molecule has 0 aliphatic heterocycles. The average Bonchev–Trinajstić information content (AvgIpc) is 3.56. The molecule has 0 radical (unpaired) electrons. The van der Waals surface area contributed by atoms with Crippen LogP contribution >= 0.6 is 0 Å². The fraction of sp³-hybridized carbons (Fsp3) is 0. The maximum Gasteiger partial charge on any atom is 0.136 e. The van der Waals surface area contributed by atoms with Gasteiger partial charge in [0.2, 0.25) is 0 Å². The summed E-state index contributed by atoms with van der Waals surface area (Å²) >= 11 is 0. The van der Waals surface area contributed by atoms with E-state index in [4.69, 9.17) is 4.42 Å². The first-order valence-corrected chi connectivity index (χ1v) is 16.8. The molecule has 0 saturated carbocycles. The van der Waals surface area contributed by atoms with Gasteiger partial charge < -0.3 is 4.42 Å². The number of benzene rings is 9. The summed E-state index contributed by atoms with van der Waals surface area (Å²) in [5, 5.41) is 9.86. The Morgan fingerprint density at radius 1 is 0.286 bits per heavy atom. The van der Waals surface area contributed by atoms with Gasteiger partial charge in [0.15, 0.2) is 0 Å². The molecule has 0 bridgehead atoms. The number of para-hydroxylation sites is 1. The fourth-order valence-electron chi connectivity index (χ4n) is 7.88. The average molecular weight is 623 g/mol. The van der Waals surface area contributed by atoms with Gasteiger partial charge in [0.25, 0.3) is 0 Å². The molecule has 1 heteroatoms. The van der Waals surface area contributed by atoms with Crippen molar-refractivity contribution in [3.63, 3.8) is 0 Å². The second-order valence-corrected chi connectivity index (χ2v) is 12.8. The Bertz CT molecular complexity index is 2810. The van der Waals surface area contributed by atoms with Crippen molar-refractivity contribution in [2.75, 3.05) is 0 Å². The van der Waals surface area contributed by atoms with Crippen LogP contribution in [0, 0.1) is 0 Å². The Balaban J connectivity index is 1.14. The zero-order valence-electron chi connectivity index (χ0n) is 26.7. The van der Waals surface area contributed by atoms with Crippen molar-refractivity contribution in [1.82, 2.24) is 0 Å². The minimum Gasteiger partial charge on any atom is -0.456 e. The molecule has 0 atom stereocenters. The first-order valence-electron chi connectivity index (χ1n) is 16.8. The zero-order chi connectivity index (χ0) is 32.3. The molecular formula is C48H30O. The minimum atomic E-state index is 0.912.